The highest BCUT2D eigenvalue weighted by Crippen LogP contribution is 2.10. The van der Waals surface area contributed by atoms with E-state index in [-0.39, 0.29) is 6.61 Å². The van der Waals surface area contributed by atoms with Crippen molar-refractivity contribution >= 4 is 18.3 Å². The maximum atomic E-state index is 11.4. The van der Waals surface area contributed by atoms with Gasteiger partial charge in [-0.05, 0) is 18.6 Å². The number of hydrogen-bond donors (Lipinski definition) is 1. The van der Waals surface area contributed by atoms with E-state index in [9.17, 15) is 9.59 Å². The molecule has 1 N–H and O–H groups in total. The predicted octanol–water partition coefficient (Wildman–Crippen LogP) is 0.898. The van der Waals surface area contributed by atoms with E-state index in [2.05, 4.69) is 10.3 Å². The number of carbonyl (C=O) groups is 2. The van der Waals surface area contributed by atoms with Crippen LogP contribution in [0.2, 0.25) is 0 Å². The van der Waals surface area contributed by atoms with Crippen molar-refractivity contribution in [2.45, 2.75) is 6.92 Å². The monoisotopic (exact) mass is 262 g/mol. The van der Waals surface area contributed by atoms with Crippen LogP contribution in [0.3, 0.4) is 0 Å². The van der Waals surface area contributed by atoms with Crippen molar-refractivity contribution in [2.75, 3.05) is 25.5 Å². The summed E-state index contributed by atoms with van der Waals surface area (Å²) in [6.45, 7) is 2.16. The second-order valence-corrected chi connectivity index (χ2v) is 3.84. The molecule has 0 aliphatic rings. The molecule has 0 saturated carbocycles. The van der Waals surface area contributed by atoms with Crippen molar-refractivity contribution in [3.05, 3.63) is 23.4 Å². The van der Waals surface area contributed by atoms with Crippen LogP contribution in [-0.4, -0.2) is 42.6 Å². The highest BCUT2D eigenvalue weighted by Gasteiger charge is 2.06. The standard InChI is InChI=1S/C12H14N4O3/c1-9-5-11(14-7-10(9)6-13)15-12(18)19-4-3-16(2)8-17/h5,7-8H,3-4H2,1-2H3,(H,14,15,18). The Morgan fingerprint density at radius 1 is 1.68 bits per heavy atom. The fourth-order valence-corrected chi connectivity index (χ4v) is 1.22. The Morgan fingerprint density at radius 3 is 3.00 bits per heavy atom. The first-order chi connectivity index (χ1) is 9.06. The van der Waals surface area contributed by atoms with Crippen LogP contribution in [0.25, 0.3) is 0 Å². The number of aryl methyl sites for hydroxylation is 1. The van der Waals surface area contributed by atoms with Gasteiger partial charge in [-0.1, -0.05) is 0 Å². The summed E-state index contributed by atoms with van der Waals surface area (Å²) in [6.07, 6.45) is 1.37. The first kappa shape index (κ1) is 14.4. The largest absolute Gasteiger partial charge is 0.447 e. The molecule has 0 spiro atoms. The average molecular weight is 262 g/mol. The molecule has 0 fully saturated rings. The number of anilines is 1. The Labute approximate surface area is 110 Å². The van der Waals surface area contributed by atoms with E-state index in [1.165, 1.54) is 11.1 Å². The van der Waals surface area contributed by atoms with E-state index < -0.39 is 6.09 Å². The normalized spacial score (nSPS) is 9.32. The van der Waals surface area contributed by atoms with Crippen LogP contribution in [0.1, 0.15) is 11.1 Å². The summed E-state index contributed by atoms with van der Waals surface area (Å²) in [5, 5.41) is 11.2. The Morgan fingerprint density at radius 2 is 2.42 bits per heavy atom. The lowest BCUT2D eigenvalue weighted by molar-refractivity contribution is -0.117. The van der Waals surface area contributed by atoms with Gasteiger partial charge in [0, 0.05) is 13.2 Å². The van der Waals surface area contributed by atoms with Gasteiger partial charge in [0.2, 0.25) is 6.41 Å². The van der Waals surface area contributed by atoms with Crippen LogP contribution in [0.5, 0.6) is 0 Å². The molecule has 19 heavy (non-hydrogen) atoms. The van der Waals surface area contributed by atoms with E-state index in [0.29, 0.717) is 29.9 Å². The first-order valence-electron chi connectivity index (χ1n) is 5.53. The third kappa shape index (κ3) is 4.63. The highest BCUT2D eigenvalue weighted by atomic mass is 16.5. The van der Waals surface area contributed by atoms with Gasteiger partial charge in [0.25, 0.3) is 0 Å². The Hall–Kier alpha value is -2.62. The third-order valence-corrected chi connectivity index (χ3v) is 2.32. The van der Waals surface area contributed by atoms with Crippen LogP contribution >= 0.6 is 0 Å². The summed E-state index contributed by atoms with van der Waals surface area (Å²) in [5.41, 5.74) is 1.17. The third-order valence-electron chi connectivity index (χ3n) is 2.32. The number of carbonyl (C=O) groups excluding carboxylic acids is 2. The fraction of sp³-hybridized carbons (Fsp3) is 0.333. The lowest BCUT2D eigenvalue weighted by atomic mass is 10.2. The minimum absolute atomic E-state index is 0.0936. The SMILES string of the molecule is Cc1cc(NC(=O)OCCN(C)C=O)ncc1C#N. The topological polar surface area (TPSA) is 95.3 Å². The molecule has 0 bridgehead atoms. The second-order valence-electron chi connectivity index (χ2n) is 3.84. The molecule has 100 valence electrons. The molecule has 0 unspecified atom stereocenters. The molecule has 0 saturated heterocycles. The number of amides is 2. The molecular formula is C12H14N4O3. The van der Waals surface area contributed by atoms with Gasteiger partial charge in [-0.15, -0.1) is 0 Å². The van der Waals surface area contributed by atoms with Crippen LogP contribution in [-0.2, 0) is 9.53 Å². The van der Waals surface area contributed by atoms with E-state index in [0.717, 1.165) is 0 Å². The second kappa shape index (κ2) is 6.96. The Bertz CT molecular complexity index is 510. The van der Waals surface area contributed by atoms with E-state index in [4.69, 9.17) is 10.00 Å². The van der Waals surface area contributed by atoms with Crippen LogP contribution < -0.4 is 5.32 Å². The van der Waals surface area contributed by atoms with Gasteiger partial charge in [0.1, 0.15) is 18.5 Å². The zero-order valence-corrected chi connectivity index (χ0v) is 10.7. The summed E-state index contributed by atoms with van der Waals surface area (Å²) >= 11 is 0. The maximum Gasteiger partial charge on any atom is 0.412 e. The van der Waals surface area contributed by atoms with Crippen molar-refractivity contribution in [1.82, 2.24) is 9.88 Å². The molecule has 7 nitrogen and oxygen atoms in total. The van der Waals surface area contributed by atoms with Crippen molar-refractivity contribution in [3.63, 3.8) is 0 Å². The molecule has 1 aromatic rings. The van der Waals surface area contributed by atoms with Gasteiger partial charge in [-0.25, -0.2) is 9.78 Å². The zero-order chi connectivity index (χ0) is 14.3. The lowest BCUT2D eigenvalue weighted by Gasteiger charge is -2.11. The smallest absolute Gasteiger partial charge is 0.412 e. The molecular weight excluding hydrogens is 248 g/mol. The van der Waals surface area contributed by atoms with Gasteiger partial charge >= 0.3 is 6.09 Å². The molecule has 1 heterocycles. The molecule has 0 aliphatic carbocycles. The van der Waals surface area contributed by atoms with Gasteiger partial charge in [-0.2, -0.15) is 5.26 Å². The molecule has 0 atom stereocenters. The summed E-state index contributed by atoms with van der Waals surface area (Å²) in [6, 6.07) is 3.56. The number of nitrogens with zero attached hydrogens (tertiary/aromatic N) is 3. The minimum Gasteiger partial charge on any atom is -0.447 e. The first-order valence-corrected chi connectivity index (χ1v) is 5.53. The quantitative estimate of drug-likeness (QED) is 0.795. The molecule has 7 heteroatoms. The van der Waals surface area contributed by atoms with Gasteiger partial charge in [-0.3, -0.25) is 10.1 Å². The minimum atomic E-state index is -0.657. The predicted molar refractivity (Wildman–Crippen MR) is 67.4 cm³/mol. The number of likely N-dealkylation sites (N-methyl/N-ethyl adjacent to an activating group) is 1. The number of pyridine rings is 1. The van der Waals surface area contributed by atoms with Crippen molar-refractivity contribution in [1.29, 1.82) is 5.26 Å². The molecule has 1 rings (SSSR count). The van der Waals surface area contributed by atoms with E-state index in [1.807, 2.05) is 6.07 Å². The van der Waals surface area contributed by atoms with Crippen LogP contribution in [0.15, 0.2) is 12.3 Å². The fourth-order valence-electron chi connectivity index (χ4n) is 1.22. The molecule has 0 aliphatic heterocycles. The highest BCUT2D eigenvalue weighted by molar-refractivity contribution is 5.83. The van der Waals surface area contributed by atoms with Crippen LogP contribution in [0, 0.1) is 18.3 Å². The number of rotatable bonds is 5. The Kier molecular flexibility index (Phi) is 5.29. The molecule has 0 aromatic carbocycles. The number of nitrogens with one attached hydrogen (secondary N) is 1. The number of hydrogen-bond acceptors (Lipinski definition) is 5. The van der Waals surface area contributed by atoms with Gasteiger partial charge in [0.05, 0.1) is 12.1 Å². The van der Waals surface area contributed by atoms with Crippen molar-refractivity contribution in [2.24, 2.45) is 0 Å². The van der Waals surface area contributed by atoms with Crippen molar-refractivity contribution in [3.8, 4) is 6.07 Å². The molecule has 2 amide bonds. The summed E-state index contributed by atoms with van der Waals surface area (Å²) < 4.78 is 4.86. The summed E-state index contributed by atoms with van der Waals surface area (Å²) in [7, 11) is 1.58. The zero-order valence-electron chi connectivity index (χ0n) is 10.7. The lowest BCUT2D eigenvalue weighted by Crippen LogP contribution is -2.24. The van der Waals surface area contributed by atoms with Crippen molar-refractivity contribution < 1.29 is 14.3 Å². The van der Waals surface area contributed by atoms with Crippen LogP contribution in [0.4, 0.5) is 10.6 Å². The average Bonchev–Trinajstić information content (AvgIpc) is 2.38. The maximum absolute atomic E-state index is 11.4. The number of nitriles is 1. The van der Waals surface area contributed by atoms with E-state index in [1.54, 1.807) is 20.0 Å². The number of ether oxygens (including phenoxy) is 1. The summed E-state index contributed by atoms with van der Waals surface area (Å²) in [4.78, 5) is 27.0. The molecule has 1 aromatic heterocycles. The van der Waals surface area contributed by atoms with Gasteiger partial charge in [0.15, 0.2) is 0 Å². The number of aromatic nitrogens is 1. The van der Waals surface area contributed by atoms with E-state index >= 15 is 0 Å². The Balaban J connectivity index is 2.47. The summed E-state index contributed by atoms with van der Waals surface area (Å²) in [5.74, 6) is 0.310. The molecule has 0 radical (unpaired) electrons. The van der Waals surface area contributed by atoms with Gasteiger partial charge < -0.3 is 9.64 Å².